The van der Waals surface area contributed by atoms with E-state index in [2.05, 4.69) is 5.32 Å². The number of carbonyl (C=O) groups excluding carboxylic acids is 3. The Bertz CT molecular complexity index is 1230. The van der Waals surface area contributed by atoms with E-state index < -0.39 is 29.9 Å². The summed E-state index contributed by atoms with van der Waals surface area (Å²) in [5.74, 6) is -2.23. The van der Waals surface area contributed by atoms with Gasteiger partial charge < -0.3 is 10.1 Å². The molecule has 1 saturated heterocycles. The zero-order valence-electron chi connectivity index (χ0n) is 19.5. The van der Waals surface area contributed by atoms with E-state index in [1.165, 1.54) is 6.07 Å². The van der Waals surface area contributed by atoms with Crippen molar-refractivity contribution in [2.75, 3.05) is 11.5 Å². The molecule has 1 fully saturated rings. The molecule has 2 aromatic carbocycles. The van der Waals surface area contributed by atoms with Crippen LogP contribution in [0.25, 0.3) is 0 Å². The minimum absolute atomic E-state index is 0.0771. The van der Waals surface area contributed by atoms with Crippen molar-refractivity contribution in [3.8, 4) is 0 Å². The van der Waals surface area contributed by atoms with Crippen LogP contribution in [0, 0.1) is 17.8 Å². The Morgan fingerprint density at radius 1 is 1.08 bits per heavy atom. The summed E-state index contributed by atoms with van der Waals surface area (Å²) in [4.78, 5) is 41.4. The molecule has 0 bridgehead atoms. The van der Waals surface area contributed by atoms with Crippen LogP contribution in [0.5, 0.6) is 0 Å². The van der Waals surface area contributed by atoms with Gasteiger partial charge in [0.05, 0.1) is 24.3 Å². The molecule has 0 radical (unpaired) electrons. The summed E-state index contributed by atoms with van der Waals surface area (Å²) in [5.41, 5.74) is 0.864. The topological polar surface area (TPSA) is 75.7 Å². The summed E-state index contributed by atoms with van der Waals surface area (Å²) in [6, 6.07) is 12.7. The van der Waals surface area contributed by atoms with Crippen molar-refractivity contribution in [1.82, 2.24) is 5.32 Å². The van der Waals surface area contributed by atoms with Crippen molar-refractivity contribution in [2.45, 2.75) is 25.8 Å². The number of piperidine rings is 1. The number of carbonyl (C=O) groups is 3. The number of ether oxygens (including phenoxy) is 1. The lowest BCUT2D eigenvalue weighted by Crippen LogP contribution is -2.54. The highest BCUT2D eigenvalue weighted by atomic mass is 35.5. The van der Waals surface area contributed by atoms with Crippen molar-refractivity contribution in [3.63, 3.8) is 0 Å². The van der Waals surface area contributed by atoms with Crippen LogP contribution in [0.2, 0.25) is 10.0 Å². The summed E-state index contributed by atoms with van der Waals surface area (Å²) >= 11 is 19.1. The van der Waals surface area contributed by atoms with E-state index in [1.807, 2.05) is 12.2 Å². The number of nitrogens with one attached hydrogen (secondary N) is 1. The molecular weight excluding hydrogens is 523 g/mol. The van der Waals surface area contributed by atoms with Crippen LogP contribution >= 0.6 is 34.8 Å². The lowest BCUT2D eigenvalue weighted by Gasteiger charge is -2.42. The van der Waals surface area contributed by atoms with Crippen molar-refractivity contribution in [2.24, 2.45) is 17.8 Å². The summed E-state index contributed by atoms with van der Waals surface area (Å²) in [6.07, 6.45) is 5.31. The number of benzene rings is 2. The highest BCUT2D eigenvalue weighted by Crippen LogP contribution is 2.45. The smallest absolute Gasteiger partial charge is 0.421 e. The summed E-state index contributed by atoms with van der Waals surface area (Å²) in [5, 5.41) is 4.35. The number of hydrogen-bond acceptors (Lipinski definition) is 4. The second-order valence-electron chi connectivity index (χ2n) is 8.68. The number of hydrogen-bond donors (Lipinski definition) is 1. The van der Waals surface area contributed by atoms with E-state index in [-0.39, 0.29) is 30.5 Å². The van der Waals surface area contributed by atoms with E-state index in [4.69, 9.17) is 39.5 Å². The maximum atomic E-state index is 14.4. The fraction of sp³-hybridized carbons (Fsp3) is 0.296. The number of anilines is 1. The first kappa shape index (κ1) is 26.3. The summed E-state index contributed by atoms with van der Waals surface area (Å²) in [7, 11) is 0. The highest BCUT2D eigenvalue weighted by molar-refractivity contribution is 6.32. The quantitative estimate of drug-likeness (QED) is 0.453. The van der Waals surface area contributed by atoms with Gasteiger partial charge in [0.15, 0.2) is 0 Å². The second kappa shape index (κ2) is 11.5. The van der Waals surface area contributed by atoms with Gasteiger partial charge in [-0.1, -0.05) is 71.2 Å². The first-order chi connectivity index (χ1) is 17.3. The molecule has 188 valence electrons. The fourth-order valence-electron chi connectivity index (χ4n) is 4.89. The number of nitrogens with zero attached hydrogens (tertiary/aromatic N) is 1. The third-order valence-electron chi connectivity index (χ3n) is 6.44. The van der Waals surface area contributed by atoms with Gasteiger partial charge in [-0.3, -0.25) is 9.59 Å². The molecule has 4 rings (SSSR count). The van der Waals surface area contributed by atoms with Gasteiger partial charge in [-0.25, -0.2) is 9.69 Å². The van der Waals surface area contributed by atoms with Crippen LogP contribution in [0.4, 0.5) is 10.5 Å². The number of amides is 3. The largest absolute Gasteiger partial charge is 0.449 e. The van der Waals surface area contributed by atoms with Gasteiger partial charge >= 0.3 is 6.09 Å². The molecule has 1 heterocycles. The Kier molecular flexibility index (Phi) is 8.39. The minimum Gasteiger partial charge on any atom is -0.449 e. The number of allylic oxidation sites excluding steroid dienone is 4. The molecule has 2 unspecified atom stereocenters. The van der Waals surface area contributed by atoms with Gasteiger partial charge in [-0.2, -0.15) is 0 Å². The molecule has 3 amide bonds. The van der Waals surface area contributed by atoms with Gasteiger partial charge in [0.1, 0.15) is 0 Å². The molecule has 0 saturated carbocycles. The molecule has 1 aliphatic carbocycles. The van der Waals surface area contributed by atoms with Crippen molar-refractivity contribution >= 4 is 58.4 Å². The maximum Gasteiger partial charge on any atom is 0.421 e. The predicted molar refractivity (Wildman–Crippen MR) is 141 cm³/mol. The minimum atomic E-state index is -0.844. The van der Waals surface area contributed by atoms with Gasteiger partial charge in [0, 0.05) is 21.5 Å². The van der Waals surface area contributed by atoms with Crippen LogP contribution in [0.15, 0.2) is 71.8 Å². The molecule has 0 aromatic heterocycles. The van der Waals surface area contributed by atoms with Crippen molar-refractivity contribution in [1.29, 1.82) is 0 Å². The Morgan fingerprint density at radius 2 is 1.86 bits per heavy atom. The number of imide groups is 1. The second-order valence-corrected chi connectivity index (χ2v) is 10.0. The Balaban J connectivity index is 1.84. The lowest BCUT2D eigenvalue weighted by atomic mass is 9.69. The van der Waals surface area contributed by atoms with E-state index in [9.17, 15) is 14.4 Å². The SMILES string of the molecule is CCOC(=O)N(C(=O)C1C([C@@H]2C=CC=C(Cl)C2)CC(=O)N[C@@H]1c1ccccc1Cl)c1cccc(Cl)c1. The summed E-state index contributed by atoms with van der Waals surface area (Å²) < 4.78 is 5.26. The lowest BCUT2D eigenvalue weighted by molar-refractivity contribution is -0.134. The molecule has 1 aliphatic heterocycles. The maximum absolute atomic E-state index is 14.4. The van der Waals surface area contributed by atoms with Gasteiger partial charge in [-0.15, -0.1) is 0 Å². The van der Waals surface area contributed by atoms with Crippen LogP contribution in [-0.2, 0) is 14.3 Å². The van der Waals surface area contributed by atoms with Gasteiger partial charge in [0.2, 0.25) is 11.8 Å². The average molecular weight is 548 g/mol. The average Bonchev–Trinajstić information content (AvgIpc) is 2.84. The van der Waals surface area contributed by atoms with Crippen LogP contribution < -0.4 is 10.2 Å². The summed E-state index contributed by atoms with van der Waals surface area (Å²) in [6.45, 7) is 1.74. The molecule has 0 spiro atoms. The number of halogens is 3. The van der Waals surface area contributed by atoms with Gasteiger partial charge in [-0.05, 0) is 61.1 Å². The van der Waals surface area contributed by atoms with E-state index in [0.717, 1.165) is 4.90 Å². The predicted octanol–water partition coefficient (Wildman–Crippen LogP) is 6.68. The molecule has 36 heavy (non-hydrogen) atoms. The van der Waals surface area contributed by atoms with Crippen molar-refractivity contribution in [3.05, 3.63) is 87.4 Å². The van der Waals surface area contributed by atoms with Gasteiger partial charge in [0.25, 0.3) is 0 Å². The van der Waals surface area contributed by atoms with Crippen LogP contribution in [0.3, 0.4) is 0 Å². The van der Waals surface area contributed by atoms with E-state index in [0.29, 0.717) is 27.1 Å². The van der Waals surface area contributed by atoms with E-state index >= 15 is 0 Å². The molecule has 4 atom stereocenters. The Labute approximate surface area is 224 Å². The monoisotopic (exact) mass is 546 g/mol. The molecule has 2 aromatic rings. The van der Waals surface area contributed by atoms with Crippen molar-refractivity contribution < 1.29 is 19.1 Å². The molecule has 1 N–H and O–H groups in total. The first-order valence-corrected chi connectivity index (χ1v) is 12.8. The highest BCUT2D eigenvalue weighted by Gasteiger charge is 2.48. The Hall–Kier alpha value is -2.80. The van der Waals surface area contributed by atoms with E-state index in [1.54, 1.807) is 55.5 Å². The molecule has 2 aliphatic rings. The zero-order valence-corrected chi connectivity index (χ0v) is 21.8. The Morgan fingerprint density at radius 3 is 2.56 bits per heavy atom. The normalized spacial score (nSPS) is 23.4. The standard InChI is InChI=1S/C27H25Cl3N2O4/c1-2-36-27(35)32(19-10-6-9-18(29)14-19)26(34)24-21(16-7-5-8-17(28)13-16)15-23(33)31-25(24)20-11-3-4-12-22(20)30/h3-12,14,16,21,24-25H,2,13,15H2,1H3,(H,31,33)/t16-,21?,24?,25-/m1/s1. The van der Waals surface area contributed by atoms with Crippen LogP contribution in [0.1, 0.15) is 31.4 Å². The number of rotatable bonds is 5. The fourth-order valence-corrected chi connectivity index (χ4v) is 5.57. The van der Waals surface area contributed by atoms with Crippen LogP contribution in [-0.4, -0.2) is 24.5 Å². The molecule has 6 nitrogen and oxygen atoms in total. The molecular formula is C27H25Cl3N2O4. The molecule has 9 heteroatoms. The third-order valence-corrected chi connectivity index (χ3v) is 7.30. The first-order valence-electron chi connectivity index (χ1n) is 11.6. The third kappa shape index (κ3) is 5.61. The zero-order chi connectivity index (χ0) is 25.8.